The molecule has 0 aliphatic rings. The fourth-order valence-corrected chi connectivity index (χ4v) is 4.15. The second-order valence-corrected chi connectivity index (χ2v) is 7.45. The molecule has 0 saturated heterocycles. The maximum absolute atomic E-state index is 12.3. The fraction of sp³-hybridized carbons (Fsp3) is 0.100. The smallest absolute Gasteiger partial charge is 0.337 e. The van der Waals surface area contributed by atoms with Gasteiger partial charge in [-0.2, -0.15) is 0 Å². The van der Waals surface area contributed by atoms with Crippen molar-refractivity contribution < 1.29 is 18.3 Å². The van der Waals surface area contributed by atoms with Crippen molar-refractivity contribution in [1.82, 2.24) is 10.2 Å². The Morgan fingerprint density at radius 1 is 1.33 bits per heavy atom. The Labute approximate surface area is 133 Å². The number of carboxylic acid groups (broad SMARTS) is 1. The maximum atomic E-state index is 12.3. The zero-order valence-electron chi connectivity index (χ0n) is 10.3. The lowest BCUT2D eigenvalue weighted by Crippen LogP contribution is -2.15. The Kier molecular flexibility index (Phi) is 4.38. The summed E-state index contributed by atoms with van der Waals surface area (Å²) < 4.78 is 26.7. The third kappa shape index (κ3) is 3.43. The van der Waals surface area contributed by atoms with Gasteiger partial charge in [0.05, 0.1) is 10.6 Å². The number of hydrogen-bond acceptors (Lipinski definition) is 6. The van der Waals surface area contributed by atoms with Gasteiger partial charge in [0.2, 0.25) is 5.13 Å². The van der Waals surface area contributed by atoms with Crippen LogP contribution in [0.1, 0.15) is 15.4 Å². The number of halogens is 2. The van der Waals surface area contributed by atoms with Crippen LogP contribution in [-0.2, 0) is 10.0 Å². The predicted octanol–water partition coefficient (Wildman–Crippen LogP) is 2.65. The molecule has 0 amide bonds. The average Bonchev–Trinajstić information content (AvgIpc) is 2.76. The molecule has 112 valence electrons. The second kappa shape index (κ2) is 5.76. The van der Waals surface area contributed by atoms with Crippen molar-refractivity contribution in [2.24, 2.45) is 0 Å². The molecular formula is C10H7Cl2N3O4S2. The van der Waals surface area contributed by atoms with Gasteiger partial charge in [0.25, 0.3) is 10.0 Å². The highest BCUT2D eigenvalue weighted by Gasteiger charge is 2.24. The van der Waals surface area contributed by atoms with Crippen molar-refractivity contribution in [3.63, 3.8) is 0 Å². The molecule has 21 heavy (non-hydrogen) atoms. The van der Waals surface area contributed by atoms with Crippen LogP contribution in [-0.4, -0.2) is 29.7 Å². The van der Waals surface area contributed by atoms with Gasteiger partial charge in [-0.25, -0.2) is 13.2 Å². The lowest BCUT2D eigenvalue weighted by Gasteiger charge is -2.09. The van der Waals surface area contributed by atoms with Gasteiger partial charge in [-0.3, -0.25) is 4.72 Å². The van der Waals surface area contributed by atoms with Gasteiger partial charge in [-0.1, -0.05) is 34.5 Å². The molecule has 1 aromatic heterocycles. The first-order valence-electron chi connectivity index (χ1n) is 5.26. The van der Waals surface area contributed by atoms with Gasteiger partial charge in [0.1, 0.15) is 9.90 Å². The lowest BCUT2D eigenvalue weighted by molar-refractivity contribution is 0.0697. The van der Waals surface area contributed by atoms with Crippen LogP contribution in [0.4, 0.5) is 5.13 Å². The van der Waals surface area contributed by atoms with Gasteiger partial charge >= 0.3 is 5.97 Å². The van der Waals surface area contributed by atoms with Gasteiger partial charge in [-0.05, 0) is 19.1 Å². The van der Waals surface area contributed by atoms with Crippen molar-refractivity contribution in [1.29, 1.82) is 0 Å². The molecule has 0 atom stereocenters. The first kappa shape index (κ1) is 16.0. The van der Waals surface area contributed by atoms with E-state index in [2.05, 4.69) is 14.9 Å². The quantitative estimate of drug-likeness (QED) is 0.859. The van der Waals surface area contributed by atoms with E-state index in [4.69, 9.17) is 28.3 Å². The number of hydrogen-bond donors (Lipinski definition) is 2. The number of anilines is 1. The van der Waals surface area contributed by atoms with Crippen LogP contribution >= 0.6 is 34.5 Å². The minimum Gasteiger partial charge on any atom is -0.478 e. The van der Waals surface area contributed by atoms with E-state index in [-0.39, 0.29) is 10.2 Å². The summed E-state index contributed by atoms with van der Waals surface area (Å²) >= 11 is 12.6. The van der Waals surface area contributed by atoms with Crippen LogP contribution in [0.15, 0.2) is 17.0 Å². The summed E-state index contributed by atoms with van der Waals surface area (Å²) in [5.74, 6) is -1.38. The molecule has 0 spiro atoms. The molecule has 0 fully saturated rings. The molecular weight excluding hydrogens is 361 g/mol. The summed E-state index contributed by atoms with van der Waals surface area (Å²) in [5, 5.41) is 16.4. The van der Waals surface area contributed by atoms with Crippen LogP contribution in [0.5, 0.6) is 0 Å². The summed E-state index contributed by atoms with van der Waals surface area (Å²) in [6.45, 7) is 1.66. The van der Waals surface area contributed by atoms with Gasteiger partial charge in [0, 0.05) is 5.02 Å². The topological polar surface area (TPSA) is 109 Å². The number of aromatic nitrogens is 2. The molecule has 1 heterocycles. The second-order valence-electron chi connectivity index (χ2n) is 3.80. The zero-order valence-corrected chi connectivity index (χ0v) is 13.4. The lowest BCUT2D eigenvalue weighted by atomic mass is 10.2. The van der Waals surface area contributed by atoms with Crippen LogP contribution in [0.25, 0.3) is 0 Å². The number of aryl methyl sites for hydroxylation is 1. The third-order valence-electron chi connectivity index (χ3n) is 2.27. The number of benzene rings is 1. The Balaban J connectivity index is 2.52. The summed E-state index contributed by atoms with van der Waals surface area (Å²) in [6.07, 6.45) is 0. The number of rotatable bonds is 4. The number of carbonyl (C=O) groups is 1. The van der Waals surface area contributed by atoms with Crippen LogP contribution in [0, 0.1) is 6.92 Å². The van der Waals surface area contributed by atoms with Gasteiger partial charge < -0.3 is 5.11 Å². The van der Waals surface area contributed by atoms with E-state index in [1.807, 2.05) is 0 Å². The highest BCUT2D eigenvalue weighted by Crippen LogP contribution is 2.31. The molecule has 0 radical (unpaired) electrons. The van der Waals surface area contributed by atoms with E-state index in [0.29, 0.717) is 5.01 Å². The molecule has 2 N–H and O–H groups in total. The molecule has 2 aromatic rings. The van der Waals surface area contributed by atoms with E-state index >= 15 is 0 Å². The van der Waals surface area contributed by atoms with Crippen molar-refractivity contribution >= 4 is 55.7 Å². The first-order chi connectivity index (χ1) is 9.70. The monoisotopic (exact) mass is 367 g/mol. The molecule has 7 nitrogen and oxygen atoms in total. The number of sulfonamides is 1. The third-order valence-corrected chi connectivity index (χ3v) is 5.26. The molecule has 0 unspecified atom stereocenters. The van der Waals surface area contributed by atoms with Crippen molar-refractivity contribution in [3.05, 3.63) is 32.7 Å². The van der Waals surface area contributed by atoms with Gasteiger partial charge in [0.15, 0.2) is 0 Å². The van der Waals surface area contributed by atoms with Crippen LogP contribution in [0.2, 0.25) is 10.0 Å². The largest absolute Gasteiger partial charge is 0.478 e. The van der Waals surface area contributed by atoms with Crippen LogP contribution < -0.4 is 4.72 Å². The summed E-state index contributed by atoms with van der Waals surface area (Å²) in [4.78, 5) is 10.6. The molecule has 0 saturated carbocycles. The van der Waals surface area contributed by atoms with E-state index in [0.717, 1.165) is 23.5 Å². The van der Waals surface area contributed by atoms with Crippen LogP contribution in [0.3, 0.4) is 0 Å². The highest BCUT2D eigenvalue weighted by molar-refractivity contribution is 7.93. The number of nitrogens with zero attached hydrogens (tertiary/aromatic N) is 2. The highest BCUT2D eigenvalue weighted by atomic mass is 35.5. The summed E-state index contributed by atoms with van der Waals surface area (Å²) in [5.41, 5.74) is -0.405. The molecule has 2 rings (SSSR count). The van der Waals surface area contributed by atoms with Crippen molar-refractivity contribution in [2.45, 2.75) is 11.8 Å². The Hall–Kier alpha value is -1.42. The Morgan fingerprint density at radius 3 is 2.52 bits per heavy atom. The number of carboxylic acids is 1. The summed E-state index contributed by atoms with van der Waals surface area (Å²) in [7, 11) is -4.13. The summed E-state index contributed by atoms with van der Waals surface area (Å²) in [6, 6.07) is 2.13. The predicted molar refractivity (Wildman–Crippen MR) is 78.9 cm³/mol. The molecule has 1 aromatic carbocycles. The van der Waals surface area contributed by atoms with E-state index in [1.165, 1.54) is 0 Å². The average molecular weight is 368 g/mol. The standard InChI is InChI=1S/C10H7Cl2N3O4S2/c1-4-13-14-10(20-4)15-21(18,19)7-3-5(11)2-6(8(7)12)9(16)17/h2-3H,1H3,(H,14,15)(H,16,17). The molecule has 0 aliphatic carbocycles. The Morgan fingerprint density at radius 2 is 2.00 bits per heavy atom. The molecule has 0 aliphatic heterocycles. The van der Waals surface area contributed by atoms with Gasteiger partial charge in [-0.15, -0.1) is 10.2 Å². The normalized spacial score (nSPS) is 11.4. The van der Waals surface area contributed by atoms with Crippen molar-refractivity contribution in [3.8, 4) is 0 Å². The first-order valence-corrected chi connectivity index (χ1v) is 8.31. The van der Waals surface area contributed by atoms with E-state index in [9.17, 15) is 13.2 Å². The number of aromatic carboxylic acids is 1. The molecule has 0 bridgehead atoms. The maximum Gasteiger partial charge on any atom is 0.337 e. The number of nitrogens with one attached hydrogen (secondary N) is 1. The van der Waals surface area contributed by atoms with E-state index in [1.54, 1.807) is 6.92 Å². The SMILES string of the molecule is Cc1nnc(NS(=O)(=O)c2cc(Cl)cc(C(=O)O)c2Cl)s1. The minimum absolute atomic E-state index is 0.0421. The Bertz CT molecular complexity index is 820. The zero-order chi connectivity index (χ0) is 15.8. The minimum atomic E-state index is -4.13. The van der Waals surface area contributed by atoms with Crippen molar-refractivity contribution in [2.75, 3.05) is 4.72 Å². The molecule has 11 heteroatoms. The van der Waals surface area contributed by atoms with E-state index < -0.39 is 31.5 Å². The fourth-order valence-electron chi connectivity index (χ4n) is 1.42.